The fraction of sp³-hybridized carbons (Fsp3) is 0.226. The van der Waals surface area contributed by atoms with Crippen LogP contribution in [0.3, 0.4) is 0 Å². The van der Waals surface area contributed by atoms with E-state index in [0.29, 0.717) is 34.8 Å². The molecule has 7 nitrogen and oxygen atoms in total. The molecular weight excluding hydrogens is 480 g/mol. The molecule has 0 saturated heterocycles. The number of aryl methyl sites for hydroxylation is 2. The van der Waals surface area contributed by atoms with Gasteiger partial charge in [0.05, 0.1) is 12.3 Å². The first kappa shape index (κ1) is 25.1. The second-order valence-corrected chi connectivity index (χ2v) is 9.36. The topological polar surface area (TPSA) is 87.0 Å². The third-order valence-corrected chi connectivity index (χ3v) is 6.83. The van der Waals surface area contributed by atoms with E-state index in [1.54, 1.807) is 31.2 Å². The first-order valence-electron chi connectivity index (χ1n) is 12.6. The van der Waals surface area contributed by atoms with Crippen LogP contribution in [0.25, 0.3) is 21.8 Å². The number of oxime groups is 1. The summed E-state index contributed by atoms with van der Waals surface area (Å²) in [4.78, 5) is 42.3. The standard InChI is InChI=1S/C31H28N2O5/c1-5-33-27-12-9-21(19(3)32-38-20(4)34)16-25(27)26-17-23(10-13-28(26)33)30(35)24-11-8-22(15-18(24)2)31(36)29-7-6-14-37-29/h7-13,15-17H,5-6,14H2,1-4H3/b32-19+. The Morgan fingerprint density at radius 3 is 2.13 bits per heavy atom. The Balaban J connectivity index is 1.55. The number of allylic oxidation sites excluding steroid dienone is 1. The molecule has 4 aromatic rings. The minimum atomic E-state index is -0.479. The molecule has 1 aliphatic rings. The summed E-state index contributed by atoms with van der Waals surface area (Å²) in [5.41, 5.74) is 5.81. The summed E-state index contributed by atoms with van der Waals surface area (Å²) in [6, 6.07) is 16.9. The highest BCUT2D eigenvalue weighted by molar-refractivity contribution is 6.16. The van der Waals surface area contributed by atoms with Crippen LogP contribution in [-0.4, -0.2) is 34.4 Å². The van der Waals surface area contributed by atoms with E-state index in [1.165, 1.54) is 6.92 Å². The molecule has 3 aromatic carbocycles. The maximum atomic E-state index is 13.6. The maximum absolute atomic E-state index is 13.6. The zero-order chi connectivity index (χ0) is 27.0. The molecule has 5 rings (SSSR count). The molecular formula is C31H28N2O5. The summed E-state index contributed by atoms with van der Waals surface area (Å²) in [5.74, 6) is -0.385. The molecule has 7 heteroatoms. The number of rotatable bonds is 7. The number of ketones is 2. The molecule has 0 aliphatic carbocycles. The van der Waals surface area contributed by atoms with Crippen molar-refractivity contribution in [1.82, 2.24) is 4.57 Å². The van der Waals surface area contributed by atoms with E-state index in [2.05, 4.69) is 16.6 Å². The first-order valence-corrected chi connectivity index (χ1v) is 12.6. The van der Waals surface area contributed by atoms with Gasteiger partial charge in [-0.2, -0.15) is 0 Å². The number of carbonyl (C=O) groups excluding carboxylic acids is 3. The van der Waals surface area contributed by atoms with E-state index in [1.807, 2.05) is 43.3 Å². The van der Waals surface area contributed by atoms with Crippen molar-refractivity contribution in [3.8, 4) is 0 Å². The Morgan fingerprint density at radius 1 is 0.895 bits per heavy atom. The molecule has 38 heavy (non-hydrogen) atoms. The van der Waals surface area contributed by atoms with Gasteiger partial charge < -0.3 is 14.1 Å². The van der Waals surface area contributed by atoms with Gasteiger partial charge in [0.25, 0.3) is 0 Å². The minimum absolute atomic E-state index is 0.110. The minimum Gasteiger partial charge on any atom is -0.489 e. The molecule has 2 heterocycles. The van der Waals surface area contributed by atoms with Crippen LogP contribution < -0.4 is 0 Å². The van der Waals surface area contributed by atoms with E-state index >= 15 is 0 Å². The van der Waals surface area contributed by atoms with Gasteiger partial charge in [0, 0.05) is 58.4 Å². The predicted molar refractivity (Wildman–Crippen MR) is 147 cm³/mol. The lowest BCUT2D eigenvalue weighted by Crippen LogP contribution is -2.08. The molecule has 0 radical (unpaired) electrons. The highest BCUT2D eigenvalue weighted by Gasteiger charge is 2.20. The van der Waals surface area contributed by atoms with Gasteiger partial charge in [-0.1, -0.05) is 23.4 Å². The van der Waals surface area contributed by atoms with Gasteiger partial charge in [0.1, 0.15) is 0 Å². The van der Waals surface area contributed by atoms with Crippen LogP contribution in [0, 0.1) is 6.92 Å². The van der Waals surface area contributed by atoms with Gasteiger partial charge in [-0.15, -0.1) is 0 Å². The van der Waals surface area contributed by atoms with Gasteiger partial charge in [-0.3, -0.25) is 9.59 Å². The van der Waals surface area contributed by atoms with Crippen LogP contribution in [0.15, 0.2) is 71.6 Å². The number of hydrogen-bond acceptors (Lipinski definition) is 6. The second-order valence-electron chi connectivity index (χ2n) is 9.36. The predicted octanol–water partition coefficient (Wildman–Crippen LogP) is 6.13. The Labute approximate surface area is 220 Å². The van der Waals surface area contributed by atoms with Crippen molar-refractivity contribution in [2.45, 2.75) is 40.7 Å². The second kappa shape index (κ2) is 10.1. The van der Waals surface area contributed by atoms with Crippen LogP contribution in [0.2, 0.25) is 0 Å². The Hall–Kier alpha value is -4.52. The fourth-order valence-electron chi connectivity index (χ4n) is 4.93. The summed E-state index contributed by atoms with van der Waals surface area (Å²) < 4.78 is 7.60. The Morgan fingerprint density at radius 2 is 1.53 bits per heavy atom. The first-order chi connectivity index (χ1) is 18.3. The number of nitrogens with zero attached hydrogens (tertiary/aromatic N) is 2. The van der Waals surface area contributed by atoms with Gasteiger partial charge in [-0.05, 0) is 74.4 Å². The van der Waals surface area contributed by atoms with Crippen molar-refractivity contribution in [3.05, 3.63) is 94.2 Å². The van der Waals surface area contributed by atoms with E-state index in [9.17, 15) is 14.4 Å². The zero-order valence-corrected chi connectivity index (χ0v) is 21.8. The monoisotopic (exact) mass is 508 g/mol. The van der Waals surface area contributed by atoms with Crippen molar-refractivity contribution < 1.29 is 24.0 Å². The summed E-state index contributed by atoms with van der Waals surface area (Å²) in [6.45, 7) is 8.30. The molecule has 0 N–H and O–H groups in total. The van der Waals surface area contributed by atoms with Gasteiger partial charge in [0.2, 0.25) is 5.78 Å². The molecule has 0 spiro atoms. The third kappa shape index (κ3) is 4.52. The molecule has 0 atom stereocenters. The van der Waals surface area contributed by atoms with Crippen LogP contribution in [-0.2, 0) is 20.9 Å². The highest BCUT2D eigenvalue weighted by atomic mass is 16.7. The van der Waals surface area contributed by atoms with Gasteiger partial charge in [-0.25, -0.2) is 4.79 Å². The van der Waals surface area contributed by atoms with E-state index in [4.69, 9.17) is 9.57 Å². The lowest BCUT2D eigenvalue weighted by Gasteiger charge is -2.09. The fourth-order valence-corrected chi connectivity index (χ4v) is 4.93. The zero-order valence-electron chi connectivity index (χ0n) is 21.8. The number of hydrogen-bond donors (Lipinski definition) is 0. The van der Waals surface area contributed by atoms with E-state index in [0.717, 1.165) is 45.9 Å². The molecule has 192 valence electrons. The molecule has 0 fully saturated rings. The number of fused-ring (bicyclic) bond motifs is 3. The molecule has 1 aliphatic heterocycles. The van der Waals surface area contributed by atoms with Crippen molar-refractivity contribution in [2.24, 2.45) is 5.16 Å². The van der Waals surface area contributed by atoms with Gasteiger partial charge >= 0.3 is 5.97 Å². The summed E-state index contributed by atoms with van der Waals surface area (Å²) in [5, 5.41) is 5.85. The lowest BCUT2D eigenvalue weighted by atomic mass is 9.95. The van der Waals surface area contributed by atoms with Crippen molar-refractivity contribution in [2.75, 3.05) is 6.61 Å². The largest absolute Gasteiger partial charge is 0.489 e. The summed E-state index contributed by atoms with van der Waals surface area (Å²) >= 11 is 0. The van der Waals surface area contributed by atoms with Gasteiger partial charge in [0.15, 0.2) is 11.5 Å². The normalized spacial score (nSPS) is 13.5. The van der Waals surface area contributed by atoms with Crippen LogP contribution in [0.5, 0.6) is 0 Å². The average Bonchev–Trinajstić information content (AvgIpc) is 3.56. The number of carbonyl (C=O) groups is 3. The van der Waals surface area contributed by atoms with Crippen LogP contribution in [0.1, 0.15) is 64.6 Å². The molecule has 0 unspecified atom stereocenters. The SMILES string of the molecule is CCn1c2ccc(C(=O)c3ccc(C(=O)C4=CCCO4)cc3C)cc2c2cc(/C(C)=N/OC(C)=O)ccc21. The molecule has 0 bridgehead atoms. The van der Waals surface area contributed by atoms with Crippen LogP contribution >= 0.6 is 0 Å². The van der Waals surface area contributed by atoms with Crippen molar-refractivity contribution in [3.63, 3.8) is 0 Å². The number of ether oxygens (including phenoxy) is 1. The summed E-state index contributed by atoms with van der Waals surface area (Å²) in [7, 11) is 0. The van der Waals surface area contributed by atoms with E-state index < -0.39 is 5.97 Å². The van der Waals surface area contributed by atoms with E-state index in [-0.39, 0.29) is 11.6 Å². The number of aromatic nitrogens is 1. The Bertz CT molecular complexity index is 1690. The molecule has 0 saturated carbocycles. The maximum Gasteiger partial charge on any atom is 0.331 e. The highest BCUT2D eigenvalue weighted by Crippen LogP contribution is 2.32. The quantitative estimate of drug-likeness (QED) is 0.130. The molecule has 0 amide bonds. The Kier molecular flexibility index (Phi) is 6.68. The lowest BCUT2D eigenvalue weighted by molar-refractivity contribution is -0.140. The smallest absolute Gasteiger partial charge is 0.331 e. The number of benzene rings is 3. The van der Waals surface area contributed by atoms with Crippen LogP contribution in [0.4, 0.5) is 0 Å². The van der Waals surface area contributed by atoms with Crippen molar-refractivity contribution in [1.29, 1.82) is 0 Å². The number of Topliss-reactive ketones (excluding diaryl/α,β-unsaturated/α-hetero) is 1. The summed E-state index contributed by atoms with van der Waals surface area (Å²) in [6.07, 6.45) is 2.53. The molecule has 1 aromatic heterocycles. The average molecular weight is 509 g/mol. The third-order valence-electron chi connectivity index (χ3n) is 6.83. The van der Waals surface area contributed by atoms with Crippen molar-refractivity contribution >= 4 is 45.1 Å².